The lowest BCUT2D eigenvalue weighted by atomic mass is 9.35. The Morgan fingerprint density at radius 3 is 1.88 bits per heavy atom. The lowest BCUT2D eigenvalue weighted by Gasteiger charge is -2.43. The maximum atomic E-state index is 7.29. The Morgan fingerprint density at radius 2 is 1.24 bits per heavy atom. The first-order valence-electron chi connectivity index (χ1n) is 19.1. The van der Waals surface area contributed by atoms with Gasteiger partial charge in [-0.2, -0.15) is 0 Å². The largest absolute Gasteiger partial charge is 0.440 e. The number of anilines is 3. The third kappa shape index (κ3) is 5.04. The van der Waals surface area contributed by atoms with Crippen LogP contribution in [0.2, 0.25) is 0 Å². The van der Waals surface area contributed by atoms with E-state index in [0.717, 1.165) is 11.5 Å². The Hall–Kier alpha value is -3.72. The summed E-state index contributed by atoms with van der Waals surface area (Å²) in [4.78, 5) is 2.47. The third-order valence-electron chi connectivity index (χ3n) is 13.1. The maximum Gasteiger partial charge on any atom is 0.251 e. The monoisotopic (exact) mass is 661 g/mol. The first kappa shape index (κ1) is 33.4. The molecule has 5 aromatic rings. The molecule has 0 saturated heterocycles. The molecule has 4 aromatic carbocycles. The topological polar surface area (TPSA) is 16.4 Å². The first-order chi connectivity index (χ1) is 23.3. The molecule has 1 aromatic heterocycles. The van der Waals surface area contributed by atoms with Crippen LogP contribution in [-0.4, -0.2) is 6.71 Å². The van der Waals surface area contributed by atoms with Gasteiger partial charge >= 0.3 is 0 Å². The molecule has 0 saturated carbocycles. The van der Waals surface area contributed by atoms with E-state index >= 15 is 0 Å². The lowest BCUT2D eigenvalue weighted by Crippen LogP contribution is -2.57. The van der Waals surface area contributed by atoms with Crippen LogP contribution < -0.4 is 21.3 Å². The van der Waals surface area contributed by atoms with Gasteiger partial charge in [-0.25, -0.2) is 0 Å². The Labute approximate surface area is 301 Å². The minimum absolute atomic E-state index is 0.0474. The number of fused-ring (bicyclic) bond motifs is 6. The zero-order chi connectivity index (χ0) is 35.8. The van der Waals surface area contributed by atoms with Crippen molar-refractivity contribution in [3.8, 4) is 0 Å². The Kier molecular flexibility index (Phi) is 7.13. The minimum Gasteiger partial charge on any atom is -0.440 e. The van der Waals surface area contributed by atoms with Crippen LogP contribution in [-0.2, 0) is 27.1 Å². The Balaban J connectivity index is 1.46. The van der Waals surface area contributed by atoms with Gasteiger partial charge in [-0.1, -0.05) is 124 Å². The van der Waals surface area contributed by atoms with Crippen LogP contribution in [0, 0.1) is 6.92 Å². The first-order valence-corrected chi connectivity index (χ1v) is 19.1. The second-order valence-corrected chi connectivity index (χ2v) is 19.7. The number of nitrogens with zero attached hydrogens (tertiary/aromatic N) is 1. The van der Waals surface area contributed by atoms with Crippen LogP contribution in [0.3, 0.4) is 0 Å². The van der Waals surface area contributed by atoms with Crippen molar-refractivity contribution in [2.24, 2.45) is 0 Å². The van der Waals surface area contributed by atoms with E-state index in [4.69, 9.17) is 4.42 Å². The second-order valence-electron chi connectivity index (χ2n) is 19.7. The summed E-state index contributed by atoms with van der Waals surface area (Å²) in [5.74, 6) is 0.968. The van der Waals surface area contributed by atoms with Crippen molar-refractivity contribution >= 4 is 51.3 Å². The molecule has 0 bridgehead atoms. The summed E-state index contributed by atoms with van der Waals surface area (Å²) in [5, 5.41) is 1.26. The van der Waals surface area contributed by atoms with Gasteiger partial charge in [-0.3, -0.25) is 4.90 Å². The molecule has 0 N–H and O–H groups in total. The summed E-state index contributed by atoms with van der Waals surface area (Å²) >= 11 is 0. The Morgan fingerprint density at radius 1 is 0.640 bits per heavy atom. The van der Waals surface area contributed by atoms with E-state index in [-0.39, 0.29) is 33.8 Å². The van der Waals surface area contributed by atoms with Gasteiger partial charge in [0.05, 0.1) is 0 Å². The number of aryl methyl sites for hydroxylation is 1. The lowest BCUT2D eigenvalue weighted by molar-refractivity contribution is 0.332. The van der Waals surface area contributed by atoms with Gasteiger partial charge in [0, 0.05) is 22.2 Å². The van der Waals surface area contributed by atoms with E-state index in [1.165, 1.54) is 92.2 Å². The molecule has 258 valence electrons. The van der Waals surface area contributed by atoms with Crippen LogP contribution in [0.4, 0.5) is 17.3 Å². The molecule has 2 heterocycles. The minimum atomic E-state index is 0.0474. The van der Waals surface area contributed by atoms with E-state index < -0.39 is 0 Å². The van der Waals surface area contributed by atoms with Crippen molar-refractivity contribution in [2.45, 2.75) is 136 Å². The van der Waals surface area contributed by atoms with Gasteiger partial charge in [-0.15, -0.1) is 0 Å². The van der Waals surface area contributed by atoms with Gasteiger partial charge < -0.3 is 4.42 Å². The molecular formula is C47H56BNO. The van der Waals surface area contributed by atoms with Crippen LogP contribution in [0.5, 0.6) is 0 Å². The average Bonchev–Trinajstić information content (AvgIpc) is 3.41. The molecule has 1 aliphatic heterocycles. The highest BCUT2D eigenvalue weighted by atomic mass is 16.4. The molecule has 0 atom stereocenters. The van der Waals surface area contributed by atoms with E-state index in [9.17, 15) is 0 Å². The number of hydrogen-bond donors (Lipinski definition) is 0. The highest BCUT2D eigenvalue weighted by Gasteiger charge is 2.44. The fourth-order valence-electron chi connectivity index (χ4n) is 9.47. The normalized spacial score (nSPS) is 19.8. The quantitative estimate of drug-likeness (QED) is 0.172. The summed E-state index contributed by atoms with van der Waals surface area (Å²) in [6, 6.07) is 28.7. The molecule has 0 amide bonds. The highest BCUT2D eigenvalue weighted by Crippen LogP contribution is 2.51. The molecule has 50 heavy (non-hydrogen) atoms. The number of hydrogen-bond acceptors (Lipinski definition) is 2. The molecule has 2 aliphatic carbocycles. The van der Waals surface area contributed by atoms with Crippen molar-refractivity contribution in [2.75, 3.05) is 4.90 Å². The van der Waals surface area contributed by atoms with Gasteiger partial charge in [0.25, 0.3) is 6.71 Å². The van der Waals surface area contributed by atoms with Crippen molar-refractivity contribution in [1.29, 1.82) is 0 Å². The third-order valence-corrected chi connectivity index (χ3v) is 13.1. The van der Waals surface area contributed by atoms with Crippen molar-refractivity contribution in [3.63, 3.8) is 0 Å². The molecule has 8 rings (SSSR count). The predicted molar refractivity (Wildman–Crippen MR) is 216 cm³/mol. The van der Waals surface area contributed by atoms with Crippen LogP contribution in [0.15, 0.2) is 77.2 Å². The summed E-state index contributed by atoms with van der Waals surface area (Å²) < 4.78 is 7.29. The van der Waals surface area contributed by atoms with Crippen molar-refractivity contribution < 1.29 is 4.42 Å². The smallest absolute Gasteiger partial charge is 0.251 e. The van der Waals surface area contributed by atoms with Gasteiger partial charge in [-0.05, 0) is 129 Å². The van der Waals surface area contributed by atoms with Gasteiger partial charge in [0.15, 0.2) is 0 Å². The summed E-state index contributed by atoms with van der Waals surface area (Å²) in [6.07, 6.45) is 4.76. The maximum absolute atomic E-state index is 7.29. The van der Waals surface area contributed by atoms with Crippen LogP contribution in [0.25, 0.3) is 11.0 Å². The van der Waals surface area contributed by atoms with E-state index in [1.807, 2.05) is 0 Å². The predicted octanol–water partition coefficient (Wildman–Crippen LogP) is 11.0. The number of furan rings is 1. The van der Waals surface area contributed by atoms with Crippen molar-refractivity contribution in [1.82, 2.24) is 0 Å². The molecular weight excluding hydrogens is 605 g/mol. The van der Waals surface area contributed by atoms with E-state index in [2.05, 4.69) is 161 Å². The second kappa shape index (κ2) is 10.7. The molecule has 0 spiro atoms. The zero-order valence-corrected chi connectivity index (χ0v) is 32.7. The molecule has 0 radical (unpaired) electrons. The molecule has 0 unspecified atom stereocenters. The highest BCUT2D eigenvalue weighted by molar-refractivity contribution is 6.99. The SMILES string of the molecule is Cc1ccc2c(c1)N(c1ccc3c(c1)C(C)(C)CCC3(C)C)c1oc3cc4c(cc3c1B2c1cccc(C(C)(C)C)c1)C(C)(C)CCC4(C)C. The Bertz CT molecular complexity index is 2190. The fourth-order valence-corrected chi connectivity index (χ4v) is 9.47. The van der Waals surface area contributed by atoms with Crippen LogP contribution >= 0.6 is 0 Å². The molecule has 0 fully saturated rings. The number of rotatable bonds is 2. The van der Waals surface area contributed by atoms with Gasteiger partial charge in [0.1, 0.15) is 5.58 Å². The van der Waals surface area contributed by atoms with Crippen LogP contribution in [0.1, 0.15) is 135 Å². The fraction of sp³-hybridized carbons (Fsp3) is 0.447. The average molecular weight is 662 g/mol. The van der Waals surface area contributed by atoms with E-state index in [1.54, 1.807) is 0 Å². The standard InChI is InChI=1S/C47H56BNO/c1-29-16-19-38-39(24-29)49(32-17-18-34-35(26-32)45(7,8)21-20-44(34,5)6)42-41(48(38)31-15-13-14-30(25-31)43(2,3)4)33-27-36-37(28-40(33)50-42)47(11,12)23-22-46(36,9)10/h13-19,24-28H,20-23H2,1-12H3. The molecule has 3 aliphatic rings. The molecule has 3 heteroatoms. The van der Waals surface area contributed by atoms with Gasteiger partial charge in [0.2, 0.25) is 5.88 Å². The number of benzene rings is 4. The van der Waals surface area contributed by atoms with E-state index in [0.29, 0.717) is 0 Å². The summed E-state index contributed by atoms with van der Waals surface area (Å²) in [7, 11) is 0. The van der Waals surface area contributed by atoms with Crippen molar-refractivity contribution in [3.05, 3.63) is 106 Å². The summed E-state index contributed by atoms with van der Waals surface area (Å²) in [6.45, 7) is 28.6. The zero-order valence-electron chi connectivity index (χ0n) is 32.7. The molecule has 2 nitrogen and oxygen atoms in total. The summed E-state index contributed by atoms with van der Waals surface area (Å²) in [5.41, 5.74) is 16.4.